The fourth-order valence-electron chi connectivity index (χ4n) is 3.71. The van der Waals surface area contributed by atoms with E-state index < -0.39 is 11.7 Å². The van der Waals surface area contributed by atoms with E-state index in [1.54, 1.807) is 30.9 Å². The number of aryl methyl sites for hydroxylation is 1. The van der Waals surface area contributed by atoms with E-state index in [2.05, 4.69) is 30.6 Å². The van der Waals surface area contributed by atoms with Gasteiger partial charge in [0, 0.05) is 35.4 Å². The summed E-state index contributed by atoms with van der Waals surface area (Å²) in [6.07, 6.45) is 2.07. The quantitative estimate of drug-likeness (QED) is 0.310. The summed E-state index contributed by atoms with van der Waals surface area (Å²) in [5, 5.41) is 11.4. The van der Waals surface area contributed by atoms with Gasteiger partial charge < -0.3 is 10.1 Å². The van der Waals surface area contributed by atoms with Crippen molar-refractivity contribution in [1.29, 1.82) is 0 Å². The Kier molecular flexibility index (Phi) is 6.26. The van der Waals surface area contributed by atoms with Crippen LogP contribution in [0.5, 0.6) is 5.75 Å². The van der Waals surface area contributed by atoms with Crippen LogP contribution in [0, 0.1) is 6.92 Å². The Labute approximate surface area is 209 Å². The molecule has 37 heavy (non-hydrogen) atoms. The topological polar surface area (TPSA) is 90.6 Å². The van der Waals surface area contributed by atoms with Gasteiger partial charge in [-0.25, -0.2) is 14.6 Å². The van der Waals surface area contributed by atoms with Crippen molar-refractivity contribution in [3.63, 3.8) is 0 Å². The Hall–Kier alpha value is -4.80. The molecule has 0 bridgehead atoms. The summed E-state index contributed by atoms with van der Waals surface area (Å²) in [5.41, 5.74) is 3.59. The minimum Gasteiger partial charge on any atom is -0.496 e. The molecule has 11 heteroatoms. The van der Waals surface area contributed by atoms with E-state index in [-0.39, 0.29) is 17.0 Å². The molecule has 0 spiro atoms. The summed E-state index contributed by atoms with van der Waals surface area (Å²) in [6, 6.07) is 14.9. The number of nitrogens with one attached hydrogen (secondary N) is 1. The molecule has 3 heterocycles. The molecule has 0 fully saturated rings. The van der Waals surface area contributed by atoms with E-state index in [0.29, 0.717) is 11.6 Å². The van der Waals surface area contributed by atoms with Crippen LogP contribution in [0.1, 0.15) is 11.1 Å². The average Bonchev–Trinajstić information content (AvgIpc) is 3.40. The van der Waals surface area contributed by atoms with Gasteiger partial charge in [-0.3, -0.25) is 4.98 Å². The number of rotatable bonds is 6. The number of anilines is 2. The Balaban J connectivity index is 1.43. The normalized spacial score (nSPS) is 11.4. The molecule has 0 saturated heterocycles. The van der Waals surface area contributed by atoms with Gasteiger partial charge in [-0.15, -0.1) is 5.10 Å². The molecule has 1 N–H and O–H groups in total. The van der Waals surface area contributed by atoms with Gasteiger partial charge in [0.2, 0.25) is 5.95 Å². The second-order valence-electron chi connectivity index (χ2n) is 8.09. The Morgan fingerprint density at radius 1 is 0.946 bits per heavy atom. The van der Waals surface area contributed by atoms with Crippen molar-refractivity contribution in [2.24, 2.45) is 0 Å². The van der Waals surface area contributed by atoms with E-state index in [9.17, 15) is 13.2 Å². The fourth-order valence-corrected chi connectivity index (χ4v) is 3.71. The van der Waals surface area contributed by atoms with E-state index in [1.165, 1.54) is 23.9 Å². The van der Waals surface area contributed by atoms with Gasteiger partial charge in [-0.05, 0) is 61.0 Å². The Bertz CT molecular complexity index is 1550. The molecule has 0 unspecified atom stereocenters. The first-order valence-corrected chi connectivity index (χ1v) is 11.1. The molecule has 0 amide bonds. The number of methoxy groups -OCH3 is 1. The molecule has 5 rings (SSSR count). The third-order valence-electron chi connectivity index (χ3n) is 5.64. The van der Waals surface area contributed by atoms with Crippen LogP contribution in [0.2, 0.25) is 0 Å². The van der Waals surface area contributed by atoms with Crippen LogP contribution in [0.3, 0.4) is 0 Å². The summed E-state index contributed by atoms with van der Waals surface area (Å²) < 4.78 is 46.7. The number of nitrogens with zero attached hydrogens (tertiary/aromatic N) is 6. The molecule has 0 aliphatic heterocycles. The molecule has 8 nitrogen and oxygen atoms in total. The molecule has 5 aromatic rings. The standard InChI is InChI=1S/C26H20F3N7O/c1-16-5-7-19(13-22(16)33-25-31-11-9-21(32-25)18-4-3-10-30-14-18)36-15-23(34-35-36)17-6-8-24(37-2)20(12-17)26(27,28)29/h3-15H,1-2H3,(H,31,32,33). The van der Waals surface area contributed by atoms with Crippen molar-refractivity contribution in [1.82, 2.24) is 29.9 Å². The lowest BCUT2D eigenvalue weighted by molar-refractivity contribution is -0.138. The number of hydrogen-bond acceptors (Lipinski definition) is 7. The zero-order chi connectivity index (χ0) is 26.0. The highest BCUT2D eigenvalue weighted by molar-refractivity contribution is 5.66. The zero-order valence-corrected chi connectivity index (χ0v) is 19.7. The number of ether oxygens (including phenoxy) is 1. The Morgan fingerprint density at radius 3 is 2.57 bits per heavy atom. The molecular weight excluding hydrogens is 483 g/mol. The van der Waals surface area contributed by atoms with E-state index >= 15 is 0 Å². The SMILES string of the molecule is COc1ccc(-c2cn(-c3ccc(C)c(Nc4nccc(-c5cccnc5)n4)c3)nn2)cc1C(F)(F)F. The van der Waals surface area contributed by atoms with E-state index in [0.717, 1.165) is 28.6 Å². The highest BCUT2D eigenvalue weighted by Gasteiger charge is 2.34. The van der Waals surface area contributed by atoms with Crippen LogP contribution in [0.4, 0.5) is 24.8 Å². The summed E-state index contributed by atoms with van der Waals surface area (Å²) in [7, 11) is 1.20. The van der Waals surface area contributed by atoms with Gasteiger partial charge in [0.1, 0.15) is 11.4 Å². The smallest absolute Gasteiger partial charge is 0.419 e. The highest BCUT2D eigenvalue weighted by atomic mass is 19.4. The molecule has 0 radical (unpaired) electrons. The van der Waals surface area contributed by atoms with Crippen molar-refractivity contribution >= 4 is 11.6 Å². The lowest BCUT2D eigenvalue weighted by atomic mass is 10.1. The minimum absolute atomic E-state index is 0.257. The van der Waals surface area contributed by atoms with Crippen molar-refractivity contribution in [3.8, 4) is 34.0 Å². The van der Waals surface area contributed by atoms with Crippen LogP contribution in [-0.2, 0) is 6.18 Å². The van der Waals surface area contributed by atoms with Gasteiger partial charge >= 0.3 is 6.18 Å². The Morgan fingerprint density at radius 2 is 1.81 bits per heavy atom. The summed E-state index contributed by atoms with van der Waals surface area (Å²) >= 11 is 0. The molecule has 0 aliphatic carbocycles. The van der Waals surface area contributed by atoms with Crippen LogP contribution in [0.15, 0.2) is 79.4 Å². The van der Waals surface area contributed by atoms with Crippen LogP contribution in [0.25, 0.3) is 28.2 Å². The van der Waals surface area contributed by atoms with Crippen molar-refractivity contribution < 1.29 is 17.9 Å². The second-order valence-corrected chi connectivity index (χ2v) is 8.09. The molecule has 2 aromatic carbocycles. The van der Waals surface area contributed by atoms with E-state index in [1.807, 2.05) is 37.3 Å². The van der Waals surface area contributed by atoms with Gasteiger partial charge in [-0.2, -0.15) is 13.2 Å². The monoisotopic (exact) mass is 503 g/mol. The maximum absolute atomic E-state index is 13.4. The number of halogens is 3. The molecule has 0 aliphatic rings. The number of benzene rings is 2. The summed E-state index contributed by atoms with van der Waals surface area (Å²) in [6.45, 7) is 1.93. The van der Waals surface area contributed by atoms with Crippen LogP contribution in [-0.4, -0.2) is 37.1 Å². The number of alkyl halides is 3. The van der Waals surface area contributed by atoms with E-state index in [4.69, 9.17) is 4.74 Å². The molecule has 0 saturated carbocycles. The maximum Gasteiger partial charge on any atom is 0.419 e. The minimum atomic E-state index is -4.56. The predicted octanol–water partition coefficient (Wildman–Crippen LogP) is 5.87. The average molecular weight is 503 g/mol. The number of pyridine rings is 1. The highest BCUT2D eigenvalue weighted by Crippen LogP contribution is 2.38. The third kappa shape index (κ3) is 5.10. The lowest BCUT2D eigenvalue weighted by Gasteiger charge is -2.12. The first-order chi connectivity index (χ1) is 17.8. The number of aromatic nitrogens is 6. The third-order valence-corrected chi connectivity index (χ3v) is 5.64. The lowest BCUT2D eigenvalue weighted by Crippen LogP contribution is -2.07. The number of hydrogen-bond donors (Lipinski definition) is 1. The first-order valence-electron chi connectivity index (χ1n) is 11.1. The zero-order valence-electron chi connectivity index (χ0n) is 19.7. The van der Waals surface area contributed by atoms with Crippen molar-refractivity contribution in [3.05, 3.63) is 90.5 Å². The van der Waals surface area contributed by atoms with Gasteiger partial charge in [0.25, 0.3) is 0 Å². The molecule has 0 atom stereocenters. The van der Waals surface area contributed by atoms with Gasteiger partial charge in [-0.1, -0.05) is 11.3 Å². The molecule has 3 aromatic heterocycles. The molecular formula is C26H20F3N7O. The summed E-state index contributed by atoms with van der Waals surface area (Å²) in [4.78, 5) is 13.0. The van der Waals surface area contributed by atoms with Crippen LogP contribution >= 0.6 is 0 Å². The fraction of sp³-hybridized carbons (Fsp3) is 0.115. The van der Waals surface area contributed by atoms with Crippen molar-refractivity contribution in [2.75, 3.05) is 12.4 Å². The largest absolute Gasteiger partial charge is 0.496 e. The second kappa shape index (κ2) is 9.69. The summed E-state index contributed by atoms with van der Waals surface area (Å²) in [5.74, 6) is 0.145. The van der Waals surface area contributed by atoms with Gasteiger partial charge in [0.05, 0.1) is 30.3 Å². The van der Waals surface area contributed by atoms with Gasteiger partial charge in [0.15, 0.2) is 0 Å². The molecule has 186 valence electrons. The maximum atomic E-state index is 13.4. The van der Waals surface area contributed by atoms with Crippen molar-refractivity contribution in [2.45, 2.75) is 13.1 Å². The predicted molar refractivity (Wildman–Crippen MR) is 132 cm³/mol. The first kappa shape index (κ1) is 23.9. The van der Waals surface area contributed by atoms with Crippen LogP contribution < -0.4 is 10.1 Å².